The van der Waals surface area contributed by atoms with Crippen LogP contribution in [0.15, 0.2) is 33.5 Å². The van der Waals surface area contributed by atoms with E-state index in [0.717, 1.165) is 35.9 Å². The Morgan fingerprint density at radius 2 is 1.89 bits per heavy atom. The van der Waals surface area contributed by atoms with Crippen LogP contribution in [0.5, 0.6) is 5.75 Å². The van der Waals surface area contributed by atoms with Gasteiger partial charge < -0.3 is 19.3 Å². The number of phenols is 1. The molecule has 1 aromatic carbocycles. The van der Waals surface area contributed by atoms with Crippen molar-refractivity contribution in [3.05, 3.63) is 30.2 Å². The van der Waals surface area contributed by atoms with Crippen LogP contribution < -0.4 is 5.32 Å². The molecule has 0 amide bonds. The van der Waals surface area contributed by atoms with E-state index >= 15 is 0 Å². The third-order valence-corrected chi connectivity index (χ3v) is 4.22. The maximum Gasteiger partial charge on any atom is 0.176 e. The Morgan fingerprint density at radius 1 is 1.16 bits per heavy atom. The summed E-state index contributed by atoms with van der Waals surface area (Å²) in [5, 5.41) is 15.5. The molecular formula is C15H15NO3. The van der Waals surface area contributed by atoms with E-state index in [9.17, 15) is 5.11 Å². The first-order valence-corrected chi connectivity index (χ1v) is 6.55. The van der Waals surface area contributed by atoms with Crippen LogP contribution in [-0.4, -0.2) is 11.7 Å². The predicted molar refractivity (Wildman–Crippen MR) is 72.2 cm³/mol. The first-order chi connectivity index (χ1) is 9.21. The first kappa shape index (κ1) is 10.9. The van der Waals surface area contributed by atoms with Crippen molar-refractivity contribution in [2.75, 3.05) is 6.54 Å². The molecule has 1 aliphatic heterocycles. The van der Waals surface area contributed by atoms with Gasteiger partial charge in [-0.05, 0) is 38.4 Å². The lowest BCUT2D eigenvalue weighted by Crippen LogP contribution is -2.33. The lowest BCUT2D eigenvalue weighted by Gasteiger charge is -2.26. The van der Waals surface area contributed by atoms with Gasteiger partial charge in [0.15, 0.2) is 11.3 Å². The monoisotopic (exact) mass is 257 g/mol. The molecule has 0 spiro atoms. The second kappa shape index (κ2) is 3.54. The molecule has 0 bridgehead atoms. The van der Waals surface area contributed by atoms with Crippen LogP contribution >= 0.6 is 0 Å². The van der Waals surface area contributed by atoms with Crippen LogP contribution in [0.3, 0.4) is 0 Å². The molecule has 0 radical (unpaired) electrons. The van der Waals surface area contributed by atoms with E-state index in [1.165, 1.54) is 0 Å². The molecule has 1 aliphatic rings. The molecule has 3 aromatic rings. The normalized spacial score (nSPS) is 23.6. The van der Waals surface area contributed by atoms with E-state index in [-0.39, 0.29) is 11.3 Å². The number of rotatable bonds is 1. The molecule has 0 aliphatic carbocycles. The number of hydrogen-bond donors (Lipinski definition) is 2. The van der Waals surface area contributed by atoms with Crippen molar-refractivity contribution in [3.63, 3.8) is 0 Å². The number of hydrogen-bond acceptors (Lipinski definition) is 4. The van der Waals surface area contributed by atoms with Gasteiger partial charge in [-0.15, -0.1) is 0 Å². The lowest BCUT2D eigenvalue weighted by molar-refractivity contribution is 0.432. The van der Waals surface area contributed by atoms with Crippen molar-refractivity contribution in [3.8, 4) is 5.75 Å². The summed E-state index contributed by atoms with van der Waals surface area (Å²) in [5.41, 5.74) is 2.25. The van der Waals surface area contributed by atoms with Crippen LogP contribution in [0.25, 0.3) is 21.9 Å². The van der Waals surface area contributed by atoms with E-state index in [2.05, 4.69) is 12.2 Å². The summed E-state index contributed by atoms with van der Waals surface area (Å²) in [5.74, 6) is 0.161. The summed E-state index contributed by atoms with van der Waals surface area (Å²) in [6, 6.07) is 3.69. The molecule has 2 aromatic heterocycles. The van der Waals surface area contributed by atoms with Crippen LogP contribution in [-0.2, 0) is 5.54 Å². The van der Waals surface area contributed by atoms with Gasteiger partial charge in [0.25, 0.3) is 0 Å². The molecule has 4 rings (SSSR count). The first-order valence-electron chi connectivity index (χ1n) is 6.55. The zero-order valence-electron chi connectivity index (χ0n) is 10.7. The summed E-state index contributed by atoms with van der Waals surface area (Å²) >= 11 is 0. The Labute approximate surface area is 110 Å². The summed E-state index contributed by atoms with van der Waals surface area (Å²) < 4.78 is 11.1. The number of fused-ring (bicyclic) bond motifs is 2. The van der Waals surface area contributed by atoms with Gasteiger partial charge in [0, 0.05) is 16.5 Å². The van der Waals surface area contributed by atoms with Crippen LogP contribution in [0.4, 0.5) is 0 Å². The minimum absolute atomic E-state index is 0.133. The molecule has 19 heavy (non-hydrogen) atoms. The third kappa shape index (κ3) is 1.32. The highest BCUT2D eigenvalue weighted by Crippen LogP contribution is 2.45. The summed E-state index contributed by atoms with van der Waals surface area (Å²) in [6.07, 6.45) is 5.42. The lowest BCUT2D eigenvalue weighted by atomic mass is 9.86. The van der Waals surface area contributed by atoms with Crippen LogP contribution in [0, 0.1) is 0 Å². The maximum absolute atomic E-state index is 10.3. The number of phenolic OH excluding ortho intramolecular Hbond substituents is 1. The maximum atomic E-state index is 10.3. The second-order valence-electron chi connectivity index (χ2n) is 5.41. The van der Waals surface area contributed by atoms with Gasteiger partial charge >= 0.3 is 0 Å². The summed E-state index contributed by atoms with van der Waals surface area (Å²) in [6.45, 7) is 3.18. The fourth-order valence-electron chi connectivity index (χ4n) is 3.28. The SMILES string of the molecule is CC1(c2c3ccoc3c(O)c3ccoc23)CCCN1. The van der Waals surface area contributed by atoms with Gasteiger partial charge in [0.05, 0.1) is 17.9 Å². The largest absolute Gasteiger partial charge is 0.504 e. The summed E-state index contributed by atoms with van der Waals surface area (Å²) in [7, 11) is 0. The van der Waals surface area contributed by atoms with Gasteiger partial charge in [0.2, 0.25) is 0 Å². The second-order valence-corrected chi connectivity index (χ2v) is 5.41. The van der Waals surface area contributed by atoms with Crippen molar-refractivity contribution >= 4 is 21.9 Å². The average Bonchev–Trinajstić information content (AvgIpc) is 3.09. The van der Waals surface area contributed by atoms with Crippen LogP contribution in [0.1, 0.15) is 25.3 Å². The highest BCUT2D eigenvalue weighted by molar-refractivity contribution is 6.04. The topological polar surface area (TPSA) is 58.5 Å². The molecule has 1 unspecified atom stereocenters. The molecular weight excluding hydrogens is 242 g/mol. The third-order valence-electron chi connectivity index (χ3n) is 4.22. The fourth-order valence-corrected chi connectivity index (χ4v) is 3.28. The summed E-state index contributed by atoms with van der Waals surface area (Å²) in [4.78, 5) is 0. The number of nitrogens with one attached hydrogen (secondary N) is 1. The van der Waals surface area contributed by atoms with Crippen molar-refractivity contribution in [2.45, 2.75) is 25.3 Å². The van der Waals surface area contributed by atoms with E-state index in [1.54, 1.807) is 18.6 Å². The van der Waals surface area contributed by atoms with Crippen molar-refractivity contribution in [2.24, 2.45) is 0 Å². The Kier molecular flexibility index (Phi) is 2.04. The molecule has 98 valence electrons. The molecule has 0 saturated carbocycles. The van der Waals surface area contributed by atoms with Gasteiger partial charge in [-0.3, -0.25) is 0 Å². The molecule has 4 heteroatoms. The average molecular weight is 257 g/mol. The van der Waals surface area contributed by atoms with Gasteiger partial charge in [0.1, 0.15) is 5.58 Å². The highest BCUT2D eigenvalue weighted by atomic mass is 16.4. The fraction of sp³-hybridized carbons (Fsp3) is 0.333. The van der Waals surface area contributed by atoms with E-state index in [1.807, 2.05) is 6.07 Å². The van der Waals surface area contributed by atoms with Crippen molar-refractivity contribution in [1.82, 2.24) is 5.32 Å². The van der Waals surface area contributed by atoms with Gasteiger partial charge in [-0.1, -0.05) is 0 Å². The highest BCUT2D eigenvalue weighted by Gasteiger charge is 2.36. The molecule has 3 heterocycles. The van der Waals surface area contributed by atoms with Crippen molar-refractivity contribution < 1.29 is 13.9 Å². The van der Waals surface area contributed by atoms with Gasteiger partial charge in [-0.25, -0.2) is 0 Å². The minimum Gasteiger partial charge on any atom is -0.504 e. The predicted octanol–water partition coefficient (Wildman–Crippen LogP) is 3.48. The van der Waals surface area contributed by atoms with Gasteiger partial charge in [-0.2, -0.15) is 0 Å². The van der Waals surface area contributed by atoms with E-state index in [4.69, 9.17) is 8.83 Å². The molecule has 1 saturated heterocycles. The number of benzene rings is 1. The minimum atomic E-state index is -0.133. The zero-order chi connectivity index (χ0) is 13.0. The number of furan rings is 2. The quantitative estimate of drug-likeness (QED) is 0.700. The zero-order valence-corrected chi connectivity index (χ0v) is 10.7. The van der Waals surface area contributed by atoms with E-state index in [0.29, 0.717) is 11.0 Å². The Bertz CT molecular complexity index is 710. The molecule has 1 atom stereocenters. The van der Waals surface area contributed by atoms with Crippen LogP contribution in [0.2, 0.25) is 0 Å². The standard InChI is InChI=1S/C15H15NO3/c1-15(5-2-6-16-15)11-9-3-7-19-14(9)12(17)10-4-8-18-13(10)11/h3-4,7-8,16-17H,2,5-6H2,1H3. The Morgan fingerprint density at radius 3 is 2.63 bits per heavy atom. The van der Waals surface area contributed by atoms with E-state index < -0.39 is 0 Å². The number of aromatic hydroxyl groups is 1. The smallest absolute Gasteiger partial charge is 0.176 e. The Balaban J connectivity index is 2.18. The molecule has 2 N–H and O–H groups in total. The molecule has 1 fully saturated rings. The molecule has 4 nitrogen and oxygen atoms in total. The Hall–Kier alpha value is -1.94. The van der Waals surface area contributed by atoms with Crippen molar-refractivity contribution in [1.29, 1.82) is 0 Å².